The van der Waals surface area contributed by atoms with Crippen LogP contribution in [0.15, 0.2) is 18.3 Å². The van der Waals surface area contributed by atoms with Gasteiger partial charge in [0.1, 0.15) is 17.1 Å². The standard InChI is InChI=1S/C17H20ClN3O5/c1-9(2)16-10(7-19-21-16)17(23)26-8-15(22)20-12-6-13(24-3)11(18)5-14(12)25-4/h5-7,9H,8H2,1-4H3,(H,19,21)(H,20,22). The van der Waals surface area contributed by atoms with Gasteiger partial charge in [-0.25, -0.2) is 4.79 Å². The normalized spacial score (nSPS) is 10.5. The number of ether oxygens (including phenoxy) is 3. The highest BCUT2D eigenvalue weighted by molar-refractivity contribution is 6.32. The van der Waals surface area contributed by atoms with Gasteiger partial charge in [-0.2, -0.15) is 5.10 Å². The Kier molecular flexibility index (Phi) is 6.46. The maximum Gasteiger partial charge on any atom is 0.342 e. The zero-order valence-electron chi connectivity index (χ0n) is 14.9. The van der Waals surface area contributed by atoms with Crippen molar-refractivity contribution in [3.63, 3.8) is 0 Å². The fourth-order valence-corrected chi connectivity index (χ4v) is 2.48. The van der Waals surface area contributed by atoms with Crippen molar-refractivity contribution in [2.45, 2.75) is 19.8 Å². The average Bonchev–Trinajstić information content (AvgIpc) is 3.11. The number of carbonyl (C=O) groups is 2. The number of halogens is 1. The molecule has 0 radical (unpaired) electrons. The number of H-pyrrole nitrogens is 1. The van der Waals surface area contributed by atoms with Crippen molar-refractivity contribution < 1.29 is 23.8 Å². The van der Waals surface area contributed by atoms with Gasteiger partial charge in [-0.15, -0.1) is 0 Å². The van der Waals surface area contributed by atoms with Crippen LogP contribution in [-0.4, -0.2) is 42.9 Å². The van der Waals surface area contributed by atoms with E-state index in [1.54, 1.807) is 0 Å². The number of nitrogens with one attached hydrogen (secondary N) is 2. The third-order valence-electron chi connectivity index (χ3n) is 3.55. The molecule has 9 heteroatoms. The molecule has 0 fully saturated rings. The van der Waals surface area contributed by atoms with Gasteiger partial charge in [0, 0.05) is 12.1 Å². The summed E-state index contributed by atoms with van der Waals surface area (Å²) in [7, 11) is 2.90. The van der Waals surface area contributed by atoms with Crippen LogP contribution in [0.25, 0.3) is 0 Å². The van der Waals surface area contributed by atoms with E-state index >= 15 is 0 Å². The summed E-state index contributed by atoms with van der Waals surface area (Å²) in [6, 6.07) is 3.04. The van der Waals surface area contributed by atoms with Gasteiger partial charge in [-0.3, -0.25) is 9.89 Å². The third-order valence-corrected chi connectivity index (χ3v) is 3.84. The molecule has 1 amide bonds. The molecule has 0 unspecified atom stereocenters. The number of hydrogen-bond donors (Lipinski definition) is 2. The highest BCUT2D eigenvalue weighted by Crippen LogP contribution is 2.35. The molecule has 8 nitrogen and oxygen atoms in total. The third kappa shape index (κ3) is 4.45. The molecule has 0 aliphatic rings. The van der Waals surface area contributed by atoms with Gasteiger partial charge in [-0.05, 0) is 5.92 Å². The second-order valence-corrected chi connectivity index (χ2v) is 6.07. The zero-order chi connectivity index (χ0) is 19.3. The van der Waals surface area contributed by atoms with Gasteiger partial charge in [0.05, 0.1) is 36.8 Å². The Hall–Kier alpha value is -2.74. The lowest BCUT2D eigenvalue weighted by atomic mass is 10.1. The molecule has 2 aromatic rings. The van der Waals surface area contributed by atoms with Crippen LogP contribution < -0.4 is 14.8 Å². The van der Waals surface area contributed by atoms with Crippen molar-refractivity contribution in [1.82, 2.24) is 10.2 Å². The number of rotatable bonds is 7. The number of amides is 1. The minimum Gasteiger partial charge on any atom is -0.495 e. The first-order valence-electron chi connectivity index (χ1n) is 7.79. The number of hydrogen-bond acceptors (Lipinski definition) is 6. The van der Waals surface area contributed by atoms with E-state index in [9.17, 15) is 9.59 Å². The van der Waals surface area contributed by atoms with Gasteiger partial charge in [0.15, 0.2) is 6.61 Å². The molecular weight excluding hydrogens is 362 g/mol. The quantitative estimate of drug-likeness (QED) is 0.715. The van der Waals surface area contributed by atoms with Gasteiger partial charge in [-0.1, -0.05) is 25.4 Å². The molecule has 2 rings (SSSR count). The summed E-state index contributed by atoms with van der Waals surface area (Å²) in [5.74, 6) is -0.360. The minimum atomic E-state index is -0.627. The van der Waals surface area contributed by atoms with Crippen LogP contribution in [0.5, 0.6) is 11.5 Å². The SMILES string of the molecule is COc1cc(NC(=O)COC(=O)c2cn[nH]c2C(C)C)c(OC)cc1Cl. The lowest BCUT2D eigenvalue weighted by molar-refractivity contribution is -0.119. The van der Waals surface area contributed by atoms with Crippen LogP contribution in [0.2, 0.25) is 5.02 Å². The summed E-state index contributed by atoms with van der Waals surface area (Å²) in [4.78, 5) is 24.2. The molecule has 0 aliphatic heterocycles. The fraction of sp³-hybridized carbons (Fsp3) is 0.353. The number of aromatic amines is 1. The Balaban J connectivity index is 2.03. The Morgan fingerprint density at radius 3 is 2.54 bits per heavy atom. The van der Waals surface area contributed by atoms with Crippen molar-refractivity contribution in [2.24, 2.45) is 0 Å². The number of carbonyl (C=O) groups excluding carboxylic acids is 2. The van der Waals surface area contributed by atoms with Gasteiger partial charge >= 0.3 is 5.97 Å². The van der Waals surface area contributed by atoms with Gasteiger partial charge < -0.3 is 19.5 Å². The summed E-state index contributed by atoms with van der Waals surface area (Å²) < 4.78 is 15.3. The van der Waals surface area contributed by atoms with E-state index in [0.29, 0.717) is 33.5 Å². The molecule has 1 aromatic heterocycles. The monoisotopic (exact) mass is 381 g/mol. The molecule has 0 saturated carbocycles. The topological polar surface area (TPSA) is 103 Å². The first-order valence-corrected chi connectivity index (χ1v) is 8.16. The smallest absolute Gasteiger partial charge is 0.342 e. The average molecular weight is 382 g/mol. The minimum absolute atomic E-state index is 0.0691. The summed E-state index contributed by atoms with van der Waals surface area (Å²) >= 11 is 6.02. The Labute approximate surface area is 155 Å². The Morgan fingerprint density at radius 1 is 1.23 bits per heavy atom. The number of esters is 1. The van der Waals surface area contributed by atoms with Gasteiger partial charge in [0.2, 0.25) is 0 Å². The van der Waals surface area contributed by atoms with Crippen LogP contribution in [0, 0.1) is 0 Å². The maximum absolute atomic E-state index is 12.1. The van der Waals surface area contributed by atoms with Crippen molar-refractivity contribution in [1.29, 1.82) is 0 Å². The lowest BCUT2D eigenvalue weighted by Crippen LogP contribution is -2.21. The molecule has 140 valence electrons. The molecular formula is C17H20ClN3O5. The van der Waals surface area contributed by atoms with Crippen molar-refractivity contribution in [3.05, 3.63) is 34.6 Å². The van der Waals surface area contributed by atoms with Crippen LogP contribution in [0.1, 0.15) is 35.8 Å². The van der Waals surface area contributed by atoms with E-state index in [2.05, 4.69) is 15.5 Å². The number of nitrogens with zero attached hydrogens (tertiary/aromatic N) is 1. The number of aromatic nitrogens is 2. The van der Waals surface area contributed by atoms with E-state index < -0.39 is 18.5 Å². The second-order valence-electron chi connectivity index (χ2n) is 5.66. The Bertz CT molecular complexity index is 804. The number of methoxy groups -OCH3 is 2. The predicted octanol–water partition coefficient (Wildman–Crippen LogP) is 3.00. The van der Waals surface area contributed by atoms with E-state index in [1.165, 1.54) is 32.5 Å². The van der Waals surface area contributed by atoms with Crippen molar-refractivity contribution in [2.75, 3.05) is 26.1 Å². The predicted molar refractivity (Wildman–Crippen MR) is 96.1 cm³/mol. The largest absolute Gasteiger partial charge is 0.495 e. The molecule has 1 heterocycles. The van der Waals surface area contributed by atoms with Crippen LogP contribution >= 0.6 is 11.6 Å². The van der Waals surface area contributed by atoms with Crippen molar-refractivity contribution in [3.8, 4) is 11.5 Å². The molecule has 0 spiro atoms. The van der Waals surface area contributed by atoms with Crippen LogP contribution in [0.4, 0.5) is 5.69 Å². The number of anilines is 1. The first-order chi connectivity index (χ1) is 12.4. The van der Waals surface area contributed by atoms with E-state index in [0.717, 1.165) is 0 Å². The van der Waals surface area contributed by atoms with E-state index in [1.807, 2.05) is 13.8 Å². The molecule has 0 bridgehead atoms. The molecule has 0 saturated heterocycles. The number of benzene rings is 1. The second kappa shape index (κ2) is 8.57. The zero-order valence-corrected chi connectivity index (χ0v) is 15.6. The van der Waals surface area contributed by atoms with E-state index in [-0.39, 0.29) is 5.92 Å². The molecule has 2 N–H and O–H groups in total. The summed E-state index contributed by atoms with van der Waals surface area (Å²) in [6.45, 7) is 3.37. The summed E-state index contributed by atoms with van der Waals surface area (Å²) in [5, 5.41) is 9.53. The molecule has 0 aliphatic carbocycles. The maximum atomic E-state index is 12.1. The lowest BCUT2D eigenvalue weighted by Gasteiger charge is -2.13. The summed E-state index contributed by atoms with van der Waals surface area (Å²) in [6.07, 6.45) is 1.38. The van der Waals surface area contributed by atoms with E-state index in [4.69, 9.17) is 25.8 Å². The van der Waals surface area contributed by atoms with Crippen LogP contribution in [-0.2, 0) is 9.53 Å². The summed E-state index contributed by atoms with van der Waals surface area (Å²) in [5.41, 5.74) is 1.30. The molecule has 0 atom stereocenters. The first kappa shape index (κ1) is 19.6. The highest BCUT2D eigenvalue weighted by atomic mass is 35.5. The fourth-order valence-electron chi connectivity index (χ4n) is 2.25. The molecule has 26 heavy (non-hydrogen) atoms. The van der Waals surface area contributed by atoms with Gasteiger partial charge in [0.25, 0.3) is 5.91 Å². The molecule has 1 aromatic carbocycles. The van der Waals surface area contributed by atoms with Crippen molar-refractivity contribution >= 4 is 29.2 Å². The van der Waals surface area contributed by atoms with Crippen LogP contribution in [0.3, 0.4) is 0 Å². The Morgan fingerprint density at radius 2 is 1.92 bits per heavy atom. The highest BCUT2D eigenvalue weighted by Gasteiger charge is 2.19.